The Morgan fingerprint density at radius 1 is 1.30 bits per heavy atom. The van der Waals surface area contributed by atoms with E-state index >= 15 is 0 Å². The van der Waals surface area contributed by atoms with Gasteiger partial charge in [0, 0.05) is 30.0 Å². The van der Waals surface area contributed by atoms with Crippen molar-refractivity contribution in [2.24, 2.45) is 5.92 Å². The van der Waals surface area contributed by atoms with Crippen LogP contribution in [0.4, 0.5) is 11.4 Å². The van der Waals surface area contributed by atoms with Gasteiger partial charge in [-0.05, 0) is 43.4 Å². The highest BCUT2D eigenvalue weighted by Crippen LogP contribution is 2.33. The monoisotopic (exact) mass is 468 g/mol. The summed E-state index contributed by atoms with van der Waals surface area (Å²) in [4.78, 5) is 31.4. The second-order valence-electron chi connectivity index (χ2n) is 7.81. The van der Waals surface area contributed by atoms with E-state index in [0.29, 0.717) is 55.1 Å². The smallest absolute Gasteiger partial charge is 0.356 e. The summed E-state index contributed by atoms with van der Waals surface area (Å²) in [7, 11) is 1.33. The maximum Gasteiger partial charge on any atom is 0.356 e. The number of aromatic nitrogens is 2. The van der Waals surface area contributed by atoms with Crippen LogP contribution in [0.3, 0.4) is 0 Å². The molecular formula is C24H28N4O4S. The normalized spacial score (nSPS) is 15.5. The van der Waals surface area contributed by atoms with E-state index in [4.69, 9.17) is 9.47 Å². The van der Waals surface area contributed by atoms with E-state index in [0.717, 1.165) is 11.3 Å². The molecule has 33 heavy (non-hydrogen) atoms. The summed E-state index contributed by atoms with van der Waals surface area (Å²) in [6, 6.07) is 10.3. The zero-order chi connectivity index (χ0) is 23.4. The Bertz CT molecular complexity index is 1150. The van der Waals surface area contributed by atoms with Crippen LogP contribution in [0.1, 0.15) is 29.4 Å². The van der Waals surface area contributed by atoms with Gasteiger partial charge in [0.05, 0.1) is 37.2 Å². The van der Waals surface area contributed by atoms with Crippen LogP contribution in [0.25, 0.3) is 11.0 Å². The quantitative estimate of drug-likeness (QED) is 0.379. The number of hydrogen-bond acceptors (Lipinski definition) is 7. The van der Waals surface area contributed by atoms with Gasteiger partial charge in [-0.1, -0.05) is 12.1 Å². The van der Waals surface area contributed by atoms with Crippen molar-refractivity contribution in [1.82, 2.24) is 9.55 Å². The third-order valence-corrected chi connectivity index (χ3v) is 6.54. The van der Waals surface area contributed by atoms with E-state index in [1.807, 2.05) is 13.0 Å². The van der Waals surface area contributed by atoms with Crippen molar-refractivity contribution in [1.29, 1.82) is 0 Å². The highest BCUT2D eigenvalue weighted by molar-refractivity contribution is 7.98. The van der Waals surface area contributed by atoms with Gasteiger partial charge in [0.1, 0.15) is 5.65 Å². The molecule has 174 valence electrons. The molecule has 3 heterocycles. The first kappa shape index (κ1) is 23.1. The molecule has 1 aliphatic heterocycles. The van der Waals surface area contributed by atoms with Gasteiger partial charge in [-0.15, -0.1) is 11.8 Å². The van der Waals surface area contributed by atoms with E-state index in [-0.39, 0.29) is 11.8 Å². The van der Waals surface area contributed by atoms with E-state index < -0.39 is 5.97 Å². The fraction of sp³-hybridized carbons (Fsp3) is 0.375. The summed E-state index contributed by atoms with van der Waals surface area (Å²) in [6.07, 6.45) is 4.45. The van der Waals surface area contributed by atoms with Crippen LogP contribution in [-0.2, 0) is 27.4 Å². The Labute approximate surface area is 197 Å². The van der Waals surface area contributed by atoms with Gasteiger partial charge in [0.25, 0.3) is 0 Å². The number of thioether (sulfide) groups is 1. The molecule has 3 aromatic rings. The van der Waals surface area contributed by atoms with Crippen LogP contribution >= 0.6 is 11.8 Å². The average Bonchev–Trinajstić information content (AvgIpc) is 3.49. The van der Waals surface area contributed by atoms with Crippen molar-refractivity contribution in [2.75, 3.05) is 37.2 Å². The van der Waals surface area contributed by atoms with Crippen molar-refractivity contribution in [2.45, 2.75) is 31.3 Å². The largest absolute Gasteiger partial charge is 0.464 e. The topological polar surface area (TPSA) is 94.5 Å². The molecule has 0 radical (unpaired) electrons. The lowest BCUT2D eigenvalue weighted by molar-refractivity contribution is -0.119. The van der Waals surface area contributed by atoms with Crippen molar-refractivity contribution >= 4 is 46.0 Å². The molecular weight excluding hydrogens is 440 g/mol. The molecule has 2 N–H and O–H groups in total. The number of carbonyl (C=O) groups excluding carboxylic acids is 2. The maximum atomic E-state index is 12.9. The molecule has 4 rings (SSSR count). The Balaban J connectivity index is 1.68. The Morgan fingerprint density at radius 2 is 2.09 bits per heavy atom. The number of hydrogen-bond donors (Lipinski definition) is 2. The summed E-state index contributed by atoms with van der Waals surface area (Å²) < 4.78 is 12.2. The molecule has 1 aromatic carbocycles. The molecule has 8 nitrogen and oxygen atoms in total. The number of nitrogens with zero attached hydrogens (tertiary/aromatic N) is 2. The van der Waals surface area contributed by atoms with Crippen molar-refractivity contribution < 1.29 is 19.1 Å². The number of aryl methyl sites for hydroxylation is 1. The number of carbonyl (C=O) groups is 2. The molecule has 2 aromatic heterocycles. The number of amides is 1. The molecule has 1 saturated heterocycles. The van der Waals surface area contributed by atoms with Gasteiger partial charge in [-0.3, -0.25) is 4.79 Å². The first-order chi connectivity index (χ1) is 16.0. The van der Waals surface area contributed by atoms with Crippen molar-refractivity contribution in [3.05, 3.63) is 47.8 Å². The molecule has 1 unspecified atom stereocenters. The molecule has 1 fully saturated rings. The predicted molar refractivity (Wildman–Crippen MR) is 130 cm³/mol. The van der Waals surface area contributed by atoms with Gasteiger partial charge in [0.15, 0.2) is 5.69 Å². The van der Waals surface area contributed by atoms with E-state index in [1.54, 1.807) is 22.5 Å². The number of ether oxygens (including phenoxy) is 2. The standard InChI is InChI=1S/C24H28N4O4S/c1-4-28-21(24(30)31-2)20(27-23(29)16-9-10-32-14-16)19-11-17(13-26-22(19)28)25-12-15-5-7-18(33-3)8-6-15/h5-8,11,13,16,25H,4,9-10,12,14H2,1-3H3,(H,27,29). The molecule has 0 aliphatic carbocycles. The molecule has 0 saturated carbocycles. The zero-order valence-corrected chi connectivity index (χ0v) is 19.8. The Hall–Kier alpha value is -3.04. The van der Waals surface area contributed by atoms with Crippen LogP contribution in [-0.4, -0.2) is 48.0 Å². The van der Waals surface area contributed by atoms with E-state index in [9.17, 15) is 9.59 Å². The minimum atomic E-state index is -0.517. The van der Waals surface area contributed by atoms with E-state index in [2.05, 4.69) is 46.1 Å². The van der Waals surface area contributed by atoms with Crippen LogP contribution < -0.4 is 10.6 Å². The maximum absolute atomic E-state index is 12.9. The summed E-state index contributed by atoms with van der Waals surface area (Å²) in [5.41, 5.74) is 3.27. The number of methoxy groups -OCH3 is 1. The Kier molecular flexibility index (Phi) is 7.20. The number of nitrogens with one attached hydrogen (secondary N) is 2. The van der Waals surface area contributed by atoms with Crippen LogP contribution in [0.5, 0.6) is 0 Å². The number of fused-ring (bicyclic) bond motifs is 1. The average molecular weight is 469 g/mol. The first-order valence-corrected chi connectivity index (χ1v) is 12.1. The fourth-order valence-electron chi connectivity index (χ4n) is 3.98. The van der Waals surface area contributed by atoms with Gasteiger partial charge in [0.2, 0.25) is 5.91 Å². The summed E-state index contributed by atoms with van der Waals surface area (Å²) >= 11 is 1.71. The highest BCUT2D eigenvalue weighted by Gasteiger charge is 2.29. The molecule has 1 atom stereocenters. The van der Waals surface area contributed by atoms with Crippen LogP contribution in [0.2, 0.25) is 0 Å². The second kappa shape index (κ2) is 10.3. The molecule has 1 amide bonds. The minimum Gasteiger partial charge on any atom is -0.464 e. The minimum absolute atomic E-state index is 0.167. The van der Waals surface area contributed by atoms with E-state index in [1.165, 1.54) is 12.0 Å². The number of pyridine rings is 1. The third kappa shape index (κ3) is 4.84. The van der Waals surface area contributed by atoms with Crippen LogP contribution in [0, 0.1) is 5.92 Å². The molecule has 9 heteroatoms. The van der Waals surface area contributed by atoms with Gasteiger partial charge in [-0.25, -0.2) is 9.78 Å². The molecule has 0 bridgehead atoms. The fourth-order valence-corrected chi connectivity index (χ4v) is 4.39. The lowest BCUT2D eigenvalue weighted by Crippen LogP contribution is -2.24. The number of anilines is 2. The lowest BCUT2D eigenvalue weighted by Gasteiger charge is -2.11. The van der Waals surface area contributed by atoms with Crippen LogP contribution in [0.15, 0.2) is 41.4 Å². The first-order valence-electron chi connectivity index (χ1n) is 10.9. The number of benzene rings is 1. The molecule has 1 aliphatic rings. The molecule has 0 spiro atoms. The third-order valence-electron chi connectivity index (χ3n) is 5.80. The summed E-state index contributed by atoms with van der Waals surface area (Å²) in [5, 5.41) is 7.04. The zero-order valence-electron chi connectivity index (χ0n) is 19.0. The van der Waals surface area contributed by atoms with Gasteiger partial charge in [-0.2, -0.15) is 0 Å². The summed E-state index contributed by atoms with van der Waals surface area (Å²) in [6.45, 7) is 4.00. The SMILES string of the molecule is CCn1c(C(=O)OC)c(NC(=O)C2CCOC2)c2cc(NCc3ccc(SC)cc3)cnc21. The summed E-state index contributed by atoms with van der Waals surface area (Å²) in [5.74, 6) is -0.926. The number of rotatable bonds is 8. The highest BCUT2D eigenvalue weighted by atomic mass is 32.2. The van der Waals surface area contributed by atoms with Crippen molar-refractivity contribution in [3.63, 3.8) is 0 Å². The number of esters is 1. The van der Waals surface area contributed by atoms with Gasteiger partial charge < -0.3 is 24.7 Å². The lowest BCUT2D eigenvalue weighted by atomic mass is 10.1. The van der Waals surface area contributed by atoms with Gasteiger partial charge >= 0.3 is 5.97 Å². The van der Waals surface area contributed by atoms with Crippen molar-refractivity contribution in [3.8, 4) is 0 Å². The second-order valence-corrected chi connectivity index (χ2v) is 8.69. The Morgan fingerprint density at radius 3 is 2.73 bits per heavy atom. The predicted octanol–water partition coefficient (Wildman–Crippen LogP) is 4.15.